The first-order valence-corrected chi connectivity index (χ1v) is 11.4. The lowest BCUT2D eigenvalue weighted by molar-refractivity contribution is -0.385. The summed E-state index contributed by atoms with van der Waals surface area (Å²) < 4.78 is 2.00. The van der Waals surface area contributed by atoms with Gasteiger partial charge in [0.2, 0.25) is 0 Å². The highest BCUT2D eigenvalue weighted by Gasteiger charge is 2.24. The van der Waals surface area contributed by atoms with Crippen molar-refractivity contribution in [2.24, 2.45) is 10.2 Å². The maximum absolute atomic E-state index is 12.1. The zero-order valence-electron chi connectivity index (χ0n) is 14.1. The van der Waals surface area contributed by atoms with Crippen LogP contribution in [0, 0.1) is 17.3 Å². The number of nitrogens with zero attached hydrogens (tertiary/aromatic N) is 3. The van der Waals surface area contributed by atoms with Crippen molar-refractivity contribution in [1.29, 1.82) is 0 Å². The number of amidine groups is 1. The van der Waals surface area contributed by atoms with E-state index in [2.05, 4.69) is 54.0 Å². The summed E-state index contributed by atoms with van der Waals surface area (Å²) in [6.07, 6.45) is 2.94. The predicted molar refractivity (Wildman–Crippen MR) is 133 cm³/mol. The molecule has 148 valence electrons. The number of rotatable bonds is 4. The number of nitrogens with one attached hydrogen (secondary N) is 1. The molecule has 1 aliphatic rings. The summed E-state index contributed by atoms with van der Waals surface area (Å²) in [7, 11) is 0. The standard InChI is InChI=1S/C17H9BrI2N4O4S/c18-11-2-1-8(3-13(11)24(27)28)4-14-16(26)22-17(29-14)23-21-7-9-5-10(19)6-12(20)15(9)25/h1-7,25H,(H,22,23,26)/b14-4+,21-7-. The third kappa shape index (κ3) is 5.55. The molecule has 1 amide bonds. The number of hydrogen-bond acceptors (Lipinski definition) is 7. The number of thioether (sulfide) groups is 1. The fourth-order valence-corrected chi connectivity index (χ4v) is 5.27. The van der Waals surface area contributed by atoms with Gasteiger partial charge in [0.1, 0.15) is 5.75 Å². The molecular weight excluding hydrogens is 690 g/mol. The molecule has 0 aromatic heterocycles. The summed E-state index contributed by atoms with van der Waals surface area (Å²) in [6.45, 7) is 0. The normalized spacial score (nSPS) is 16.7. The Hall–Kier alpha value is -1.52. The third-order valence-electron chi connectivity index (χ3n) is 3.52. The summed E-state index contributed by atoms with van der Waals surface area (Å²) in [6, 6.07) is 8.17. The van der Waals surface area contributed by atoms with Crippen LogP contribution in [-0.4, -0.2) is 27.3 Å². The van der Waals surface area contributed by atoms with Gasteiger partial charge in [-0.05, 0) is 103 Å². The number of halogens is 3. The second-order valence-electron chi connectivity index (χ2n) is 5.51. The fraction of sp³-hybridized carbons (Fsp3) is 0. The average molecular weight is 699 g/mol. The van der Waals surface area contributed by atoms with E-state index in [0.717, 1.165) is 15.3 Å². The second-order valence-corrected chi connectivity index (χ2v) is 9.80. The largest absolute Gasteiger partial charge is 0.506 e. The van der Waals surface area contributed by atoms with Crippen molar-refractivity contribution in [3.8, 4) is 5.75 Å². The van der Waals surface area contributed by atoms with Crippen molar-refractivity contribution >= 4 is 102 Å². The topological polar surface area (TPSA) is 117 Å². The summed E-state index contributed by atoms with van der Waals surface area (Å²) in [4.78, 5) is 23.0. The molecule has 3 rings (SSSR count). The van der Waals surface area contributed by atoms with Crippen LogP contribution in [0.25, 0.3) is 6.08 Å². The summed E-state index contributed by atoms with van der Waals surface area (Å²) >= 11 is 8.35. The van der Waals surface area contributed by atoms with E-state index in [0.29, 0.717) is 24.1 Å². The van der Waals surface area contributed by atoms with E-state index in [1.54, 1.807) is 24.3 Å². The van der Waals surface area contributed by atoms with E-state index in [-0.39, 0.29) is 22.5 Å². The number of phenolic OH excluding ortho intramolecular Hbond substituents is 1. The molecule has 1 fully saturated rings. The van der Waals surface area contributed by atoms with E-state index in [4.69, 9.17) is 0 Å². The Bertz CT molecular complexity index is 1120. The van der Waals surface area contributed by atoms with Crippen molar-refractivity contribution in [3.05, 3.63) is 68.1 Å². The van der Waals surface area contributed by atoms with Gasteiger partial charge < -0.3 is 5.11 Å². The van der Waals surface area contributed by atoms with Gasteiger partial charge in [-0.15, -0.1) is 5.10 Å². The van der Waals surface area contributed by atoms with Crippen LogP contribution in [0.5, 0.6) is 5.75 Å². The van der Waals surface area contributed by atoms with Crippen LogP contribution in [0.15, 0.2) is 49.9 Å². The SMILES string of the molecule is O=C1N/C(=N\N=C/c2cc(I)cc(I)c2O)S/C1=C/c1ccc(Br)c([N+](=O)[O-])c1. The molecule has 0 radical (unpaired) electrons. The van der Waals surface area contributed by atoms with Crippen molar-refractivity contribution in [2.45, 2.75) is 0 Å². The minimum Gasteiger partial charge on any atom is -0.506 e. The molecule has 0 spiro atoms. The highest BCUT2D eigenvalue weighted by molar-refractivity contribution is 14.1. The zero-order chi connectivity index (χ0) is 21.1. The maximum atomic E-state index is 12.1. The van der Waals surface area contributed by atoms with Crippen LogP contribution < -0.4 is 5.32 Å². The average Bonchev–Trinajstić information content (AvgIpc) is 2.99. The summed E-state index contributed by atoms with van der Waals surface area (Å²) in [5, 5.41) is 31.8. The Morgan fingerprint density at radius 3 is 2.76 bits per heavy atom. The molecular formula is C17H9BrI2N4O4S. The van der Waals surface area contributed by atoms with Crippen LogP contribution in [0.3, 0.4) is 0 Å². The predicted octanol–water partition coefficient (Wildman–Crippen LogP) is 4.87. The van der Waals surface area contributed by atoms with E-state index in [1.165, 1.54) is 12.3 Å². The Labute approximate surface area is 204 Å². The molecule has 12 heteroatoms. The lowest BCUT2D eigenvalue weighted by Gasteiger charge is -2.01. The molecule has 29 heavy (non-hydrogen) atoms. The van der Waals surface area contributed by atoms with Gasteiger partial charge in [-0.25, -0.2) is 0 Å². The van der Waals surface area contributed by atoms with Crippen molar-refractivity contribution in [2.75, 3.05) is 0 Å². The van der Waals surface area contributed by atoms with Crippen LogP contribution in [0.1, 0.15) is 11.1 Å². The molecule has 0 unspecified atom stereocenters. The third-order valence-corrected chi connectivity index (χ3v) is 6.53. The van der Waals surface area contributed by atoms with E-state index < -0.39 is 4.92 Å². The number of hydrogen-bond donors (Lipinski definition) is 2. The van der Waals surface area contributed by atoms with Crippen LogP contribution in [0.4, 0.5) is 5.69 Å². The van der Waals surface area contributed by atoms with Gasteiger partial charge >= 0.3 is 0 Å². The smallest absolute Gasteiger partial charge is 0.284 e. The molecule has 2 aromatic rings. The van der Waals surface area contributed by atoms with Crippen LogP contribution in [-0.2, 0) is 4.79 Å². The number of amides is 1. The van der Waals surface area contributed by atoms with Crippen LogP contribution in [0.2, 0.25) is 0 Å². The van der Waals surface area contributed by atoms with E-state index >= 15 is 0 Å². The second kappa shape index (κ2) is 9.53. The minimum atomic E-state index is -0.503. The fourth-order valence-electron chi connectivity index (χ4n) is 2.21. The van der Waals surface area contributed by atoms with Gasteiger partial charge in [-0.3, -0.25) is 20.2 Å². The van der Waals surface area contributed by atoms with Gasteiger partial charge in [0, 0.05) is 15.2 Å². The van der Waals surface area contributed by atoms with Crippen molar-refractivity contribution < 1.29 is 14.8 Å². The molecule has 0 saturated carbocycles. The highest BCUT2D eigenvalue weighted by Crippen LogP contribution is 2.30. The van der Waals surface area contributed by atoms with Crippen LogP contribution >= 0.6 is 72.9 Å². The molecule has 0 bridgehead atoms. The molecule has 2 N–H and O–H groups in total. The van der Waals surface area contributed by atoms with Gasteiger partial charge in [0.05, 0.1) is 24.1 Å². The molecule has 1 aliphatic heterocycles. The Balaban J connectivity index is 1.79. The number of nitro groups is 1. The first kappa shape index (κ1) is 22.2. The highest BCUT2D eigenvalue weighted by atomic mass is 127. The van der Waals surface area contributed by atoms with Gasteiger partial charge in [0.25, 0.3) is 11.6 Å². The number of phenols is 1. The summed E-state index contributed by atoms with van der Waals surface area (Å²) in [5.41, 5.74) is 0.937. The number of aromatic hydroxyl groups is 1. The van der Waals surface area contributed by atoms with Crippen molar-refractivity contribution in [3.63, 3.8) is 0 Å². The Morgan fingerprint density at radius 2 is 2.03 bits per heavy atom. The van der Waals surface area contributed by atoms with Crippen molar-refractivity contribution in [1.82, 2.24) is 5.32 Å². The Kier molecular flexibility index (Phi) is 7.28. The number of benzene rings is 2. The quantitative estimate of drug-likeness (QED) is 0.156. The first-order valence-electron chi connectivity index (χ1n) is 7.68. The maximum Gasteiger partial charge on any atom is 0.284 e. The number of carbonyl (C=O) groups excluding carboxylic acids is 1. The monoisotopic (exact) mass is 698 g/mol. The minimum absolute atomic E-state index is 0.0896. The summed E-state index contributed by atoms with van der Waals surface area (Å²) in [5.74, 6) is -0.267. The zero-order valence-corrected chi connectivity index (χ0v) is 20.8. The molecule has 8 nitrogen and oxygen atoms in total. The lowest BCUT2D eigenvalue weighted by atomic mass is 10.2. The molecule has 0 atom stereocenters. The molecule has 1 saturated heterocycles. The molecule has 1 heterocycles. The van der Waals surface area contributed by atoms with Gasteiger partial charge in [0.15, 0.2) is 5.17 Å². The molecule has 2 aromatic carbocycles. The number of carbonyl (C=O) groups is 1. The van der Waals surface area contributed by atoms with Gasteiger partial charge in [-0.1, -0.05) is 6.07 Å². The van der Waals surface area contributed by atoms with Gasteiger partial charge in [-0.2, -0.15) is 5.10 Å². The molecule has 0 aliphatic carbocycles. The Morgan fingerprint density at radius 1 is 1.28 bits per heavy atom. The van der Waals surface area contributed by atoms with E-state index in [9.17, 15) is 20.0 Å². The number of nitro benzene ring substituents is 1. The van der Waals surface area contributed by atoms with E-state index in [1.807, 2.05) is 28.7 Å². The lowest BCUT2D eigenvalue weighted by Crippen LogP contribution is -2.19. The first-order chi connectivity index (χ1) is 13.7.